The second kappa shape index (κ2) is 8.17. The van der Waals surface area contributed by atoms with Crippen molar-refractivity contribution in [3.8, 4) is 0 Å². The summed E-state index contributed by atoms with van der Waals surface area (Å²) in [7, 11) is 1.64. The van der Waals surface area contributed by atoms with E-state index in [9.17, 15) is 9.59 Å². The van der Waals surface area contributed by atoms with Crippen molar-refractivity contribution in [1.29, 1.82) is 0 Å². The quantitative estimate of drug-likeness (QED) is 0.712. The van der Waals surface area contributed by atoms with E-state index in [0.717, 1.165) is 5.82 Å². The standard InChI is InChI=1S/C15H20N6O3S/c1-24-6-5-20-10-18-19-12(20)2-3-16-14(23)11-8-13(22)21(9-11)15-17-4-7-25-15/h4,7,10-11H,2-3,5-6,8-9H2,1H3,(H,16,23). The van der Waals surface area contributed by atoms with Crippen LogP contribution in [-0.2, 0) is 27.3 Å². The van der Waals surface area contributed by atoms with Gasteiger partial charge in [0.25, 0.3) is 0 Å². The Morgan fingerprint density at radius 3 is 3.16 bits per heavy atom. The van der Waals surface area contributed by atoms with Gasteiger partial charge in [0, 0.05) is 51.2 Å². The molecule has 0 bridgehead atoms. The fraction of sp³-hybridized carbons (Fsp3) is 0.533. The van der Waals surface area contributed by atoms with Crippen LogP contribution in [0.2, 0.25) is 0 Å². The minimum absolute atomic E-state index is 0.0607. The van der Waals surface area contributed by atoms with Crippen molar-refractivity contribution < 1.29 is 14.3 Å². The highest BCUT2D eigenvalue weighted by atomic mass is 32.1. The first-order chi connectivity index (χ1) is 12.2. The summed E-state index contributed by atoms with van der Waals surface area (Å²) in [5.74, 6) is 0.275. The Hall–Kier alpha value is -2.33. The molecule has 1 unspecified atom stereocenters. The fourth-order valence-corrected chi connectivity index (χ4v) is 3.38. The molecule has 2 aromatic heterocycles. The topological polar surface area (TPSA) is 102 Å². The molecular weight excluding hydrogens is 344 g/mol. The highest BCUT2D eigenvalue weighted by Gasteiger charge is 2.36. The van der Waals surface area contributed by atoms with Crippen molar-refractivity contribution in [2.45, 2.75) is 19.4 Å². The Kier molecular flexibility index (Phi) is 5.71. The van der Waals surface area contributed by atoms with Gasteiger partial charge >= 0.3 is 0 Å². The summed E-state index contributed by atoms with van der Waals surface area (Å²) in [6.07, 6.45) is 4.10. The molecule has 9 nitrogen and oxygen atoms in total. The van der Waals surface area contributed by atoms with Crippen LogP contribution in [0.15, 0.2) is 17.9 Å². The van der Waals surface area contributed by atoms with Crippen LogP contribution in [0.4, 0.5) is 5.13 Å². The Bertz CT molecular complexity index is 717. The summed E-state index contributed by atoms with van der Waals surface area (Å²) < 4.78 is 6.95. The lowest BCUT2D eigenvalue weighted by molar-refractivity contribution is -0.126. The molecule has 1 aliphatic heterocycles. The van der Waals surface area contributed by atoms with E-state index in [0.29, 0.717) is 37.8 Å². The van der Waals surface area contributed by atoms with Crippen LogP contribution < -0.4 is 10.2 Å². The molecule has 25 heavy (non-hydrogen) atoms. The number of nitrogens with one attached hydrogen (secondary N) is 1. The first-order valence-electron chi connectivity index (χ1n) is 8.02. The number of hydrogen-bond donors (Lipinski definition) is 1. The molecule has 0 aliphatic carbocycles. The van der Waals surface area contributed by atoms with Crippen LogP contribution in [0.25, 0.3) is 0 Å². The van der Waals surface area contributed by atoms with E-state index < -0.39 is 0 Å². The number of nitrogens with zero attached hydrogens (tertiary/aromatic N) is 5. The van der Waals surface area contributed by atoms with Crippen LogP contribution in [0.1, 0.15) is 12.2 Å². The molecule has 0 spiro atoms. The summed E-state index contributed by atoms with van der Waals surface area (Å²) in [6, 6.07) is 0. The normalized spacial score (nSPS) is 17.2. The van der Waals surface area contributed by atoms with Gasteiger partial charge in [-0.05, 0) is 0 Å². The summed E-state index contributed by atoms with van der Waals surface area (Å²) in [5.41, 5.74) is 0. The van der Waals surface area contributed by atoms with E-state index in [1.165, 1.54) is 11.3 Å². The zero-order valence-electron chi connectivity index (χ0n) is 13.9. The average molecular weight is 364 g/mol. The molecule has 0 saturated carbocycles. The van der Waals surface area contributed by atoms with Gasteiger partial charge in [-0.25, -0.2) is 4.98 Å². The van der Waals surface area contributed by atoms with Gasteiger partial charge in [-0.15, -0.1) is 21.5 Å². The van der Waals surface area contributed by atoms with Crippen molar-refractivity contribution >= 4 is 28.3 Å². The van der Waals surface area contributed by atoms with E-state index in [-0.39, 0.29) is 24.2 Å². The summed E-state index contributed by atoms with van der Waals surface area (Å²) >= 11 is 1.40. The number of thiazole rings is 1. The molecule has 3 heterocycles. The van der Waals surface area contributed by atoms with Crippen LogP contribution in [0, 0.1) is 5.92 Å². The largest absolute Gasteiger partial charge is 0.383 e. The number of ether oxygens (including phenoxy) is 1. The van der Waals surface area contributed by atoms with Gasteiger partial charge in [-0.3, -0.25) is 14.5 Å². The van der Waals surface area contributed by atoms with Crippen LogP contribution >= 0.6 is 11.3 Å². The third kappa shape index (κ3) is 4.20. The molecule has 134 valence electrons. The smallest absolute Gasteiger partial charge is 0.229 e. The maximum Gasteiger partial charge on any atom is 0.229 e. The van der Waals surface area contributed by atoms with E-state index in [4.69, 9.17) is 4.74 Å². The maximum atomic E-state index is 12.3. The molecule has 10 heteroatoms. The average Bonchev–Trinajstić information content (AvgIpc) is 3.33. The zero-order chi connectivity index (χ0) is 17.6. The van der Waals surface area contributed by atoms with Crippen molar-refractivity contribution in [1.82, 2.24) is 25.1 Å². The minimum atomic E-state index is -0.345. The molecule has 1 fully saturated rings. The lowest BCUT2D eigenvalue weighted by Crippen LogP contribution is -2.34. The van der Waals surface area contributed by atoms with Gasteiger partial charge in [0.1, 0.15) is 12.2 Å². The van der Waals surface area contributed by atoms with Gasteiger partial charge in [-0.1, -0.05) is 0 Å². The highest BCUT2D eigenvalue weighted by molar-refractivity contribution is 7.13. The SMILES string of the molecule is COCCn1cnnc1CCNC(=O)C1CC(=O)N(c2nccs2)C1. The number of carbonyl (C=O) groups excluding carboxylic acids is 2. The fourth-order valence-electron chi connectivity index (χ4n) is 2.71. The number of rotatable bonds is 8. The van der Waals surface area contributed by atoms with Crippen molar-refractivity contribution in [3.05, 3.63) is 23.7 Å². The zero-order valence-corrected chi connectivity index (χ0v) is 14.7. The van der Waals surface area contributed by atoms with Crippen molar-refractivity contribution in [3.63, 3.8) is 0 Å². The Labute approximate surface area is 149 Å². The van der Waals surface area contributed by atoms with Crippen LogP contribution in [-0.4, -0.2) is 58.4 Å². The second-order valence-corrected chi connectivity index (χ2v) is 6.57. The number of hydrogen-bond acceptors (Lipinski definition) is 7. The van der Waals surface area contributed by atoms with Gasteiger partial charge < -0.3 is 14.6 Å². The van der Waals surface area contributed by atoms with Crippen LogP contribution in [0.3, 0.4) is 0 Å². The van der Waals surface area contributed by atoms with E-state index in [2.05, 4.69) is 20.5 Å². The summed E-state index contributed by atoms with van der Waals surface area (Å²) in [4.78, 5) is 30.1. The number of methoxy groups -OCH3 is 1. The molecule has 0 radical (unpaired) electrons. The second-order valence-electron chi connectivity index (χ2n) is 5.69. The lowest BCUT2D eigenvalue weighted by Gasteiger charge is -2.13. The van der Waals surface area contributed by atoms with Gasteiger partial charge in [0.05, 0.1) is 12.5 Å². The van der Waals surface area contributed by atoms with Gasteiger partial charge in [0.2, 0.25) is 11.8 Å². The monoisotopic (exact) mass is 364 g/mol. The molecule has 1 atom stereocenters. The molecule has 1 N–H and O–H groups in total. The molecule has 2 aromatic rings. The first kappa shape index (κ1) is 17.5. The van der Waals surface area contributed by atoms with Crippen molar-refractivity contribution in [2.75, 3.05) is 31.7 Å². The predicted molar refractivity (Wildman–Crippen MR) is 91.2 cm³/mol. The molecule has 1 aliphatic rings. The Morgan fingerprint density at radius 2 is 2.40 bits per heavy atom. The number of amides is 2. The van der Waals surface area contributed by atoms with E-state index in [1.54, 1.807) is 24.5 Å². The maximum absolute atomic E-state index is 12.3. The third-order valence-electron chi connectivity index (χ3n) is 4.03. The van der Waals surface area contributed by atoms with Crippen molar-refractivity contribution in [2.24, 2.45) is 5.92 Å². The minimum Gasteiger partial charge on any atom is -0.383 e. The molecular formula is C15H20N6O3S. The van der Waals surface area contributed by atoms with Crippen LogP contribution in [0.5, 0.6) is 0 Å². The first-order valence-corrected chi connectivity index (χ1v) is 8.90. The molecule has 3 rings (SSSR count). The molecule has 2 amide bonds. The lowest BCUT2D eigenvalue weighted by atomic mass is 10.1. The van der Waals surface area contributed by atoms with E-state index >= 15 is 0 Å². The van der Waals surface area contributed by atoms with Gasteiger partial charge in [0.15, 0.2) is 5.13 Å². The Balaban J connectivity index is 1.47. The molecule has 0 aromatic carbocycles. The summed E-state index contributed by atoms with van der Waals surface area (Å²) in [6.45, 7) is 2.08. The number of aromatic nitrogens is 4. The number of anilines is 1. The number of carbonyl (C=O) groups is 2. The third-order valence-corrected chi connectivity index (χ3v) is 4.82. The summed E-state index contributed by atoms with van der Waals surface area (Å²) in [5, 5.41) is 13.3. The molecule has 1 saturated heterocycles. The van der Waals surface area contributed by atoms with E-state index in [1.807, 2.05) is 9.95 Å². The Morgan fingerprint density at radius 1 is 1.52 bits per heavy atom. The highest BCUT2D eigenvalue weighted by Crippen LogP contribution is 2.26. The van der Waals surface area contributed by atoms with Gasteiger partial charge in [-0.2, -0.15) is 0 Å². The predicted octanol–water partition coefficient (Wildman–Crippen LogP) is 0.0928.